The smallest absolute Gasteiger partial charge is 0.307 e. The highest BCUT2D eigenvalue weighted by Gasteiger charge is 2.28. The van der Waals surface area contributed by atoms with Crippen molar-refractivity contribution >= 4 is 45.6 Å². The van der Waals surface area contributed by atoms with Crippen molar-refractivity contribution in [1.82, 2.24) is 34.4 Å². The maximum atomic E-state index is 11.4. The van der Waals surface area contributed by atoms with Crippen LogP contribution in [-0.4, -0.2) is 82.8 Å². The molecule has 0 bridgehead atoms. The Morgan fingerprint density at radius 3 is 2.45 bits per heavy atom. The molecular weight excluding hydrogens is 664 g/mol. The number of rotatable bonds is 9. The molecule has 0 spiro atoms. The maximum absolute atomic E-state index is 11.4. The number of pyridine rings is 3. The Morgan fingerprint density at radius 2 is 1.67 bits per heavy atom. The largest absolute Gasteiger partial charge is 0.481 e. The van der Waals surface area contributed by atoms with E-state index in [9.17, 15) is 15.0 Å². The number of carbonyl (C=O) groups is 1. The Bertz CT molecular complexity index is 2290. The lowest BCUT2D eigenvalue weighted by molar-refractivity contribution is -0.141. The zero-order chi connectivity index (χ0) is 35.2. The first kappa shape index (κ1) is 33.2. The van der Waals surface area contributed by atoms with Crippen LogP contribution in [0.4, 0.5) is 11.5 Å². The van der Waals surface area contributed by atoms with E-state index in [2.05, 4.69) is 58.2 Å². The van der Waals surface area contributed by atoms with E-state index in [0.717, 1.165) is 81.6 Å². The quantitative estimate of drug-likeness (QED) is 0.154. The zero-order valence-corrected chi connectivity index (χ0v) is 29.3. The fourth-order valence-electron chi connectivity index (χ4n) is 7.49. The van der Waals surface area contributed by atoms with Crippen LogP contribution >= 0.6 is 11.6 Å². The highest BCUT2D eigenvalue weighted by Crippen LogP contribution is 2.36. The van der Waals surface area contributed by atoms with Crippen LogP contribution in [0, 0.1) is 19.8 Å². The fourth-order valence-corrected chi connectivity index (χ4v) is 7.76. The number of anilines is 2. The fraction of sp³-hybridized carbons (Fsp3) is 0.308. The first-order chi connectivity index (χ1) is 24.7. The summed E-state index contributed by atoms with van der Waals surface area (Å²) in [5.41, 5.74) is 9.57. The summed E-state index contributed by atoms with van der Waals surface area (Å²) in [6, 6.07) is 18.4. The predicted molar refractivity (Wildman–Crippen MR) is 198 cm³/mol. The molecule has 11 nitrogen and oxygen atoms in total. The van der Waals surface area contributed by atoms with Gasteiger partial charge in [0.1, 0.15) is 5.52 Å². The Labute approximate surface area is 300 Å². The molecule has 2 aliphatic heterocycles. The first-order valence-electron chi connectivity index (χ1n) is 17.3. The molecule has 260 valence electrons. The average Bonchev–Trinajstić information content (AvgIpc) is 3.86. The van der Waals surface area contributed by atoms with Gasteiger partial charge in [0.15, 0.2) is 17.3 Å². The minimum Gasteiger partial charge on any atom is -0.481 e. The van der Waals surface area contributed by atoms with Gasteiger partial charge < -0.3 is 15.5 Å². The molecule has 2 unspecified atom stereocenters. The number of likely N-dealkylation sites (tertiary alicyclic amines) is 2. The number of β-amino-alcohol motifs (C(OH)–C–C–N with tert-alkyl or cyclic N) is 1. The van der Waals surface area contributed by atoms with Crippen LogP contribution in [0.1, 0.15) is 35.1 Å². The number of aromatic nitrogens is 5. The molecule has 8 rings (SSSR count). The van der Waals surface area contributed by atoms with Crippen LogP contribution in [0.5, 0.6) is 0 Å². The van der Waals surface area contributed by atoms with Crippen LogP contribution < -0.4 is 5.32 Å². The number of nitrogens with one attached hydrogen (secondary N) is 1. The van der Waals surface area contributed by atoms with E-state index in [-0.39, 0.29) is 12.0 Å². The monoisotopic (exact) mass is 702 g/mol. The normalized spacial score (nSPS) is 18.3. The highest BCUT2D eigenvalue weighted by molar-refractivity contribution is 6.33. The van der Waals surface area contributed by atoms with Gasteiger partial charge in [-0.3, -0.25) is 19.6 Å². The Kier molecular flexibility index (Phi) is 8.89. The van der Waals surface area contributed by atoms with E-state index in [4.69, 9.17) is 26.7 Å². The van der Waals surface area contributed by atoms with Gasteiger partial charge in [-0.05, 0) is 90.9 Å². The number of hydrogen-bond donors (Lipinski definition) is 3. The molecule has 0 aliphatic carbocycles. The molecule has 2 saturated heterocycles. The van der Waals surface area contributed by atoms with Gasteiger partial charge in [0.2, 0.25) is 0 Å². The molecule has 3 N–H and O–H groups in total. The summed E-state index contributed by atoms with van der Waals surface area (Å²) in [7, 11) is 0. The second-order valence-corrected chi connectivity index (χ2v) is 14.2. The SMILES string of the molecule is Cc1c(Nc2nccc3cc(CN4CCC(O)C4)cnc23)cccc1-c1cccc(-c2nc3c(Cl)cc(CN4CCC(C(=O)O)C4)cn3n2)c1C. The number of halogens is 1. The number of carboxylic acid groups (broad SMARTS) is 1. The van der Waals surface area contributed by atoms with Crippen LogP contribution in [0.3, 0.4) is 0 Å². The number of hydrogen-bond acceptors (Lipinski definition) is 9. The van der Waals surface area contributed by atoms with Crippen LogP contribution in [0.25, 0.3) is 39.1 Å². The summed E-state index contributed by atoms with van der Waals surface area (Å²) in [5, 5.41) is 29.2. The third-order valence-electron chi connectivity index (χ3n) is 10.2. The molecule has 2 aromatic carbocycles. The molecule has 2 fully saturated rings. The van der Waals surface area contributed by atoms with Crippen molar-refractivity contribution in [2.75, 3.05) is 31.5 Å². The standard InChI is InChI=1S/C39H39ClN8O3/c1-23-30(5-3-7-32(23)36-44-38-33(40)16-26(20-48(38)45-36)19-46-13-10-28(21-46)39(50)51)31-6-4-8-34(24(31)2)43-37-35-27(9-12-41-37)15-25(17-42-35)18-47-14-11-29(49)22-47/h3-9,12,15-17,20,28-29,49H,10-11,13-14,18-19,21-22H2,1-2H3,(H,41,43)(H,50,51). The van der Waals surface area contributed by atoms with E-state index < -0.39 is 5.97 Å². The zero-order valence-electron chi connectivity index (χ0n) is 28.6. The summed E-state index contributed by atoms with van der Waals surface area (Å²) >= 11 is 6.72. The lowest BCUT2D eigenvalue weighted by Gasteiger charge is -2.17. The number of aliphatic carboxylic acids is 1. The molecule has 2 atom stereocenters. The predicted octanol–water partition coefficient (Wildman–Crippen LogP) is 6.49. The van der Waals surface area contributed by atoms with E-state index in [0.29, 0.717) is 48.4 Å². The van der Waals surface area contributed by atoms with Crippen molar-refractivity contribution in [3.63, 3.8) is 0 Å². The molecule has 0 saturated carbocycles. The minimum absolute atomic E-state index is 0.247. The first-order valence-corrected chi connectivity index (χ1v) is 17.7. The van der Waals surface area contributed by atoms with Gasteiger partial charge in [0.25, 0.3) is 0 Å². The maximum Gasteiger partial charge on any atom is 0.307 e. The number of aliphatic hydroxyl groups is 1. The molecule has 6 heterocycles. The second-order valence-electron chi connectivity index (χ2n) is 13.8. The molecule has 0 radical (unpaired) electrons. The van der Waals surface area contributed by atoms with E-state index in [1.807, 2.05) is 42.7 Å². The van der Waals surface area contributed by atoms with Gasteiger partial charge in [-0.25, -0.2) is 14.5 Å². The number of fused-ring (bicyclic) bond motifs is 2. The average molecular weight is 703 g/mol. The van der Waals surface area contributed by atoms with E-state index in [1.54, 1.807) is 10.7 Å². The van der Waals surface area contributed by atoms with Gasteiger partial charge >= 0.3 is 5.97 Å². The Hall–Kier alpha value is -4.94. The van der Waals surface area contributed by atoms with Crippen molar-refractivity contribution in [2.24, 2.45) is 5.92 Å². The number of aliphatic hydroxyl groups excluding tert-OH is 1. The van der Waals surface area contributed by atoms with Gasteiger partial charge in [-0.1, -0.05) is 41.9 Å². The van der Waals surface area contributed by atoms with Gasteiger partial charge in [-0.15, -0.1) is 5.10 Å². The summed E-state index contributed by atoms with van der Waals surface area (Å²) in [4.78, 5) is 30.1. The minimum atomic E-state index is -0.743. The van der Waals surface area contributed by atoms with Crippen molar-refractivity contribution in [2.45, 2.75) is 45.9 Å². The summed E-state index contributed by atoms with van der Waals surface area (Å²) < 4.78 is 1.73. The molecule has 2 aliphatic rings. The van der Waals surface area contributed by atoms with Gasteiger partial charge in [0.05, 0.1) is 17.0 Å². The third kappa shape index (κ3) is 6.65. The molecular formula is C39H39ClN8O3. The topological polar surface area (TPSA) is 132 Å². The number of benzene rings is 2. The van der Waals surface area contributed by atoms with E-state index in [1.165, 1.54) is 0 Å². The van der Waals surface area contributed by atoms with Gasteiger partial charge in [-0.2, -0.15) is 0 Å². The molecule has 4 aromatic heterocycles. The molecule has 12 heteroatoms. The van der Waals surface area contributed by atoms with Crippen molar-refractivity contribution < 1.29 is 15.0 Å². The second kappa shape index (κ2) is 13.6. The summed E-state index contributed by atoms with van der Waals surface area (Å²) in [6.45, 7) is 8.41. The van der Waals surface area contributed by atoms with Crippen molar-refractivity contribution in [3.05, 3.63) is 100 Å². The van der Waals surface area contributed by atoms with Crippen molar-refractivity contribution in [1.29, 1.82) is 0 Å². The lowest BCUT2D eigenvalue weighted by Crippen LogP contribution is -2.23. The third-order valence-corrected chi connectivity index (χ3v) is 10.5. The summed E-state index contributed by atoms with van der Waals surface area (Å²) in [5.74, 6) is 0.198. The molecule has 6 aromatic rings. The molecule has 51 heavy (non-hydrogen) atoms. The highest BCUT2D eigenvalue weighted by atomic mass is 35.5. The Balaban J connectivity index is 1.05. The van der Waals surface area contributed by atoms with Crippen LogP contribution in [-0.2, 0) is 17.9 Å². The number of carboxylic acids is 1. The summed E-state index contributed by atoms with van der Waals surface area (Å²) in [6.07, 6.45) is 6.86. The van der Waals surface area contributed by atoms with Gasteiger partial charge in [0, 0.05) is 68.0 Å². The Morgan fingerprint density at radius 1 is 0.922 bits per heavy atom. The van der Waals surface area contributed by atoms with E-state index >= 15 is 0 Å². The lowest BCUT2D eigenvalue weighted by atomic mass is 9.92. The van der Waals surface area contributed by atoms with Crippen LogP contribution in [0.2, 0.25) is 5.02 Å². The van der Waals surface area contributed by atoms with Crippen molar-refractivity contribution in [3.8, 4) is 22.5 Å². The number of nitrogens with zero attached hydrogens (tertiary/aromatic N) is 7. The van der Waals surface area contributed by atoms with Crippen LogP contribution in [0.15, 0.2) is 73.2 Å². The molecule has 0 amide bonds.